The fraction of sp³-hybridized carbons (Fsp3) is 0. The van der Waals surface area contributed by atoms with Crippen molar-refractivity contribution in [3.8, 4) is 51.0 Å². The number of para-hydroxylation sites is 3. The van der Waals surface area contributed by atoms with Gasteiger partial charge in [-0.15, -0.1) is 0 Å². The summed E-state index contributed by atoms with van der Waals surface area (Å²) in [4.78, 5) is 14.7. The van der Waals surface area contributed by atoms with Gasteiger partial charge in [-0.3, -0.25) is 0 Å². The Bertz CT molecular complexity index is 2800. The molecule has 0 radical (unpaired) electrons. The van der Waals surface area contributed by atoms with Crippen molar-refractivity contribution in [3.63, 3.8) is 0 Å². The molecule has 0 spiro atoms. The van der Waals surface area contributed by atoms with Gasteiger partial charge in [0.15, 0.2) is 17.5 Å². The van der Waals surface area contributed by atoms with Crippen molar-refractivity contribution in [1.82, 2.24) is 19.5 Å². The molecule has 234 valence electrons. The Balaban J connectivity index is 1.13. The van der Waals surface area contributed by atoms with Gasteiger partial charge in [-0.25, -0.2) is 15.0 Å². The molecular formula is C45H28N4O. The molecule has 7 aromatic carbocycles. The zero-order valence-electron chi connectivity index (χ0n) is 26.9. The molecular weight excluding hydrogens is 613 g/mol. The smallest absolute Gasteiger partial charge is 0.164 e. The van der Waals surface area contributed by atoms with E-state index >= 15 is 0 Å². The van der Waals surface area contributed by atoms with Crippen molar-refractivity contribution >= 4 is 43.7 Å². The van der Waals surface area contributed by atoms with Crippen molar-refractivity contribution in [1.29, 1.82) is 0 Å². The molecule has 0 aliphatic rings. The highest BCUT2D eigenvalue weighted by molar-refractivity contribution is 6.19. The second-order valence-corrected chi connectivity index (χ2v) is 12.4. The fourth-order valence-corrected chi connectivity index (χ4v) is 7.18. The summed E-state index contributed by atoms with van der Waals surface area (Å²) < 4.78 is 8.84. The van der Waals surface area contributed by atoms with Gasteiger partial charge in [0.05, 0.1) is 11.0 Å². The lowest BCUT2D eigenvalue weighted by Crippen LogP contribution is -2.00. The maximum atomic E-state index is 6.50. The number of hydrogen-bond donors (Lipinski definition) is 0. The average molecular weight is 641 g/mol. The minimum absolute atomic E-state index is 0.632. The molecule has 0 saturated carbocycles. The predicted octanol–water partition coefficient (Wildman–Crippen LogP) is 11.5. The van der Waals surface area contributed by atoms with Crippen molar-refractivity contribution in [2.24, 2.45) is 0 Å². The quantitative estimate of drug-likeness (QED) is 0.188. The maximum Gasteiger partial charge on any atom is 0.164 e. The van der Waals surface area contributed by atoms with E-state index in [1.165, 1.54) is 10.8 Å². The monoisotopic (exact) mass is 640 g/mol. The first-order valence-corrected chi connectivity index (χ1v) is 16.7. The lowest BCUT2D eigenvalue weighted by atomic mass is 9.97. The summed E-state index contributed by atoms with van der Waals surface area (Å²) in [6.45, 7) is 0. The van der Waals surface area contributed by atoms with Crippen molar-refractivity contribution < 1.29 is 4.42 Å². The molecule has 0 aliphatic heterocycles. The van der Waals surface area contributed by atoms with Crippen LogP contribution in [-0.4, -0.2) is 19.5 Å². The van der Waals surface area contributed by atoms with Gasteiger partial charge in [0.25, 0.3) is 0 Å². The van der Waals surface area contributed by atoms with Gasteiger partial charge in [-0.1, -0.05) is 127 Å². The molecule has 0 atom stereocenters. The van der Waals surface area contributed by atoms with Crippen LogP contribution in [0.2, 0.25) is 0 Å². The van der Waals surface area contributed by atoms with Gasteiger partial charge in [0.1, 0.15) is 11.2 Å². The zero-order valence-corrected chi connectivity index (χ0v) is 26.9. The Morgan fingerprint density at radius 1 is 0.380 bits per heavy atom. The van der Waals surface area contributed by atoms with Crippen LogP contribution in [0.15, 0.2) is 174 Å². The van der Waals surface area contributed by atoms with Crippen molar-refractivity contribution in [3.05, 3.63) is 170 Å². The molecule has 10 aromatic rings. The van der Waals surface area contributed by atoms with Crippen LogP contribution >= 0.6 is 0 Å². The van der Waals surface area contributed by atoms with Crippen LogP contribution in [0.3, 0.4) is 0 Å². The van der Waals surface area contributed by atoms with E-state index in [1.807, 2.05) is 72.8 Å². The van der Waals surface area contributed by atoms with Crippen molar-refractivity contribution in [2.45, 2.75) is 0 Å². The normalized spacial score (nSPS) is 11.6. The molecule has 0 N–H and O–H groups in total. The van der Waals surface area contributed by atoms with Crippen molar-refractivity contribution in [2.75, 3.05) is 0 Å². The molecule has 3 aromatic heterocycles. The van der Waals surface area contributed by atoms with E-state index < -0.39 is 0 Å². The first-order chi connectivity index (χ1) is 24.8. The summed E-state index contributed by atoms with van der Waals surface area (Å²) in [7, 11) is 0. The third-order valence-electron chi connectivity index (χ3n) is 9.48. The third-order valence-corrected chi connectivity index (χ3v) is 9.48. The van der Waals surface area contributed by atoms with E-state index in [4.69, 9.17) is 19.4 Å². The van der Waals surface area contributed by atoms with Gasteiger partial charge in [0.2, 0.25) is 0 Å². The first-order valence-electron chi connectivity index (χ1n) is 16.7. The molecule has 0 saturated heterocycles. The number of aromatic nitrogens is 4. The van der Waals surface area contributed by atoms with Crippen LogP contribution in [0.5, 0.6) is 0 Å². The molecule has 10 rings (SSSR count). The molecule has 0 unspecified atom stereocenters. The number of nitrogens with zero attached hydrogens (tertiary/aromatic N) is 4. The average Bonchev–Trinajstić information content (AvgIpc) is 3.75. The minimum atomic E-state index is 0.632. The van der Waals surface area contributed by atoms with E-state index in [9.17, 15) is 0 Å². The highest BCUT2D eigenvalue weighted by atomic mass is 16.3. The summed E-state index contributed by atoms with van der Waals surface area (Å²) >= 11 is 0. The second kappa shape index (κ2) is 11.4. The fourth-order valence-electron chi connectivity index (χ4n) is 7.18. The van der Waals surface area contributed by atoms with Crippen LogP contribution in [0.1, 0.15) is 0 Å². The summed E-state index contributed by atoms with van der Waals surface area (Å²) in [5, 5.41) is 4.63. The molecule has 0 fully saturated rings. The zero-order chi connectivity index (χ0) is 33.0. The largest absolute Gasteiger partial charge is 0.455 e. The molecule has 5 heteroatoms. The maximum absolute atomic E-state index is 6.50. The van der Waals surface area contributed by atoms with Gasteiger partial charge >= 0.3 is 0 Å². The van der Waals surface area contributed by atoms with E-state index in [0.29, 0.717) is 17.5 Å². The predicted molar refractivity (Wildman–Crippen MR) is 203 cm³/mol. The Morgan fingerprint density at radius 2 is 0.900 bits per heavy atom. The third kappa shape index (κ3) is 4.52. The Morgan fingerprint density at radius 3 is 1.60 bits per heavy atom. The molecule has 0 bridgehead atoms. The highest BCUT2D eigenvalue weighted by Crippen LogP contribution is 2.42. The van der Waals surface area contributed by atoms with Gasteiger partial charge in [-0.2, -0.15) is 0 Å². The molecule has 50 heavy (non-hydrogen) atoms. The summed E-state index contributed by atoms with van der Waals surface area (Å²) in [6.07, 6.45) is 0. The summed E-state index contributed by atoms with van der Waals surface area (Å²) in [5.74, 6) is 1.92. The highest BCUT2D eigenvalue weighted by Gasteiger charge is 2.19. The number of fused-ring (bicyclic) bond motifs is 6. The lowest BCUT2D eigenvalue weighted by molar-refractivity contribution is 0.670. The molecule has 5 nitrogen and oxygen atoms in total. The number of rotatable bonds is 5. The Hall–Kier alpha value is -6.85. The van der Waals surface area contributed by atoms with Gasteiger partial charge < -0.3 is 8.98 Å². The SMILES string of the molecule is c1ccc(-c2nc(-c3ccccc3)nc(-c3ccc(-n4c5ccccc5c5c(-c6cccc7c6oc6ccccc67)cccc54)cc3)n2)cc1. The second-order valence-electron chi connectivity index (χ2n) is 12.4. The van der Waals surface area contributed by atoms with E-state index in [1.54, 1.807) is 0 Å². The van der Waals surface area contributed by atoms with Gasteiger partial charge in [-0.05, 0) is 48.0 Å². The summed E-state index contributed by atoms with van der Waals surface area (Å²) in [6, 6.07) is 58.5. The van der Waals surface area contributed by atoms with Gasteiger partial charge in [0, 0.05) is 49.5 Å². The Labute approximate surface area is 287 Å². The number of benzene rings is 7. The van der Waals surface area contributed by atoms with E-state index in [-0.39, 0.29) is 0 Å². The lowest BCUT2D eigenvalue weighted by Gasteiger charge is -2.11. The first kappa shape index (κ1) is 28.2. The van der Waals surface area contributed by atoms with Crippen LogP contribution in [0.25, 0.3) is 94.7 Å². The van der Waals surface area contributed by atoms with Crippen LogP contribution in [0, 0.1) is 0 Å². The molecule has 3 heterocycles. The number of hydrogen-bond acceptors (Lipinski definition) is 4. The van der Waals surface area contributed by atoms with E-state index in [2.05, 4.69) is 102 Å². The molecule has 0 amide bonds. The van der Waals surface area contributed by atoms with Crippen LogP contribution in [-0.2, 0) is 0 Å². The van der Waals surface area contributed by atoms with Crippen LogP contribution < -0.4 is 0 Å². The summed E-state index contributed by atoms with van der Waals surface area (Å²) in [5.41, 5.74) is 10.2. The minimum Gasteiger partial charge on any atom is -0.455 e. The number of furan rings is 1. The molecule has 0 aliphatic carbocycles. The standard InChI is InChI=1S/C45H28N4O/c1-3-13-29(14-4-1)43-46-44(30-15-5-2-6-16-30)48-45(47-43)31-25-27-32(28-26-31)49-38-22-9-7-18-37(38)41-34(19-12-23-39(41)49)36-21-11-20-35-33-17-8-10-24-40(33)50-42(35)36/h1-28H. The van der Waals surface area contributed by atoms with Crippen LogP contribution in [0.4, 0.5) is 0 Å². The Kier molecular flexibility index (Phi) is 6.42. The van der Waals surface area contributed by atoms with E-state index in [0.717, 1.165) is 66.5 Å². The topological polar surface area (TPSA) is 56.7 Å².